The number of nitrogens with one attached hydrogen (secondary N) is 2. The highest BCUT2D eigenvalue weighted by atomic mass is 32.1. The summed E-state index contributed by atoms with van der Waals surface area (Å²) in [7, 11) is 0. The fourth-order valence-electron chi connectivity index (χ4n) is 1.66. The maximum absolute atomic E-state index is 11.7. The number of hydrogen-bond acceptors (Lipinski definition) is 5. The minimum atomic E-state index is -1.05. The van der Waals surface area contributed by atoms with E-state index in [0.717, 1.165) is 4.88 Å². The van der Waals surface area contributed by atoms with Gasteiger partial charge < -0.3 is 20.3 Å². The number of hydrogen-bond donors (Lipinski definition) is 4. The van der Waals surface area contributed by atoms with Crippen molar-refractivity contribution in [3.8, 4) is 0 Å². The Labute approximate surface area is 126 Å². The van der Waals surface area contributed by atoms with Gasteiger partial charge in [-0.05, 0) is 25.8 Å². The number of aromatic carboxylic acids is 1. The molecule has 4 N–H and O–H groups in total. The van der Waals surface area contributed by atoms with Crippen LogP contribution in [-0.4, -0.2) is 48.6 Å². The van der Waals surface area contributed by atoms with Crippen molar-refractivity contribution in [2.24, 2.45) is 0 Å². The fourth-order valence-corrected chi connectivity index (χ4v) is 2.71. The summed E-state index contributed by atoms with van der Waals surface area (Å²) in [5.74, 6) is -1.05. The van der Waals surface area contributed by atoms with E-state index in [1.807, 2.05) is 6.92 Å². The van der Waals surface area contributed by atoms with Crippen molar-refractivity contribution in [3.63, 3.8) is 0 Å². The summed E-state index contributed by atoms with van der Waals surface area (Å²) in [5.41, 5.74) is 0.805. The number of ether oxygens (including phenoxy) is 1. The van der Waals surface area contributed by atoms with Crippen molar-refractivity contribution in [2.75, 3.05) is 31.7 Å². The predicted molar refractivity (Wildman–Crippen MR) is 80.3 cm³/mol. The molecular weight excluding hydrogens is 296 g/mol. The molecule has 0 aliphatic carbocycles. The predicted octanol–water partition coefficient (Wildman–Crippen LogP) is 1.58. The van der Waals surface area contributed by atoms with Gasteiger partial charge in [-0.15, -0.1) is 11.3 Å². The Kier molecular flexibility index (Phi) is 7.13. The standard InChI is InChI=1S/C13H20N2O5S/c1-8-9(2)21-11(10(8)12(17)18)15-13(19)14-4-3-6-20-7-5-16/h16H,3-7H2,1-2H3,(H,17,18)(H2,14,15,19). The van der Waals surface area contributed by atoms with Crippen LogP contribution in [0.1, 0.15) is 27.2 Å². The molecule has 1 heterocycles. The summed E-state index contributed by atoms with van der Waals surface area (Å²) in [6.45, 7) is 4.64. The van der Waals surface area contributed by atoms with E-state index in [0.29, 0.717) is 30.1 Å². The highest BCUT2D eigenvalue weighted by molar-refractivity contribution is 7.16. The van der Waals surface area contributed by atoms with Gasteiger partial charge >= 0.3 is 12.0 Å². The number of thiophene rings is 1. The van der Waals surface area contributed by atoms with E-state index >= 15 is 0 Å². The number of rotatable bonds is 8. The largest absolute Gasteiger partial charge is 0.478 e. The van der Waals surface area contributed by atoms with Gasteiger partial charge in [0.1, 0.15) is 5.00 Å². The first kappa shape index (κ1) is 17.4. The number of aryl methyl sites for hydroxylation is 1. The van der Waals surface area contributed by atoms with Crippen molar-refractivity contribution >= 4 is 28.3 Å². The summed E-state index contributed by atoms with van der Waals surface area (Å²) in [4.78, 5) is 23.8. The molecule has 118 valence electrons. The van der Waals surface area contributed by atoms with Crippen LogP contribution >= 0.6 is 11.3 Å². The molecule has 8 heteroatoms. The van der Waals surface area contributed by atoms with Crippen LogP contribution in [-0.2, 0) is 4.74 Å². The summed E-state index contributed by atoms with van der Waals surface area (Å²) in [6, 6.07) is -0.444. The Hall–Kier alpha value is -1.64. The lowest BCUT2D eigenvalue weighted by Gasteiger charge is -2.07. The molecule has 1 aromatic heterocycles. The smallest absolute Gasteiger partial charge is 0.338 e. The van der Waals surface area contributed by atoms with Gasteiger partial charge in [0.25, 0.3) is 0 Å². The third kappa shape index (κ3) is 5.33. The van der Waals surface area contributed by atoms with Crippen molar-refractivity contribution in [1.29, 1.82) is 0 Å². The number of carbonyl (C=O) groups excluding carboxylic acids is 1. The summed E-state index contributed by atoms with van der Waals surface area (Å²) < 4.78 is 5.06. The fraction of sp³-hybridized carbons (Fsp3) is 0.538. The van der Waals surface area contributed by atoms with E-state index < -0.39 is 12.0 Å². The number of carbonyl (C=O) groups is 2. The van der Waals surface area contributed by atoms with Crippen molar-refractivity contribution in [2.45, 2.75) is 20.3 Å². The second-order valence-electron chi connectivity index (χ2n) is 4.36. The Balaban J connectivity index is 2.45. The van der Waals surface area contributed by atoms with E-state index in [9.17, 15) is 9.59 Å². The molecule has 0 fully saturated rings. The molecule has 2 amide bonds. The number of urea groups is 1. The average Bonchev–Trinajstić information content (AvgIpc) is 2.68. The first-order valence-corrected chi connectivity index (χ1v) is 7.35. The Morgan fingerprint density at radius 2 is 2.00 bits per heavy atom. The molecule has 0 radical (unpaired) electrons. The van der Waals surface area contributed by atoms with Crippen LogP contribution in [0.25, 0.3) is 0 Å². The van der Waals surface area contributed by atoms with Gasteiger partial charge in [0.05, 0.1) is 18.8 Å². The number of aliphatic hydroxyl groups excluding tert-OH is 1. The SMILES string of the molecule is Cc1sc(NC(=O)NCCCOCCO)c(C(=O)O)c1C. The highest BCUT2D eigenvalue weighted by Gasteiger charge is 2.20. The molecule has 0 bridgehead atoms. The molecule has 0 aromatic carbocycles. The normalized spacial score (nSPS) is 10.4. The molecule has 0 saturated carbocycles. The van der Waals surface area contributed by atoms with Gasteiger partial charge in [-0.1, -0.05) is 0 Å². The van der Waals surface area contributed by atoms with E-state index in [1.54, 1.807) is 6.92 Å². The lowest BCUT2D eigenvalue weighted by Crippen LogP contribution is -2.30. The minimum Gasteiger partial charge on any atom is -0.478 e. The summed E-state index contributed by atoms with van der Waals surface area (Å²) >= 11 is 1.24. The average molecular weight is 316 g/mol. The summed E-state index contributed by atoms with van der Waals surface area (Å²) in [6.07, 6.45) is 0.613. The topological polar surface area (TPSA) is 108 Å². The van der Waals surface area contributed by atoms with E-state index in [-0.39, 0.29) is 18.8 Å². The number of carboxylic acids is 1. The lowest BCUT2D eigenvalue weighted by atomic mass is 10.1. The number of carboxylic acid groups (broad SMARTS) is 1. The Morgan fingerprint density at radius 3 is 2.62 bits per heavy atom. The van der Waals surface area contributed by atoms with Crippen LogP contribution in [0.15, 0.2) is 0 Å². The molecule has 0 aliphatic rings. The second kappa shape index (κ2) is 8.60. The number of aliphatic hydroxyl groups is 1. The minimum absolute atomic E-state index is 0.0248. The molecule has 0 unspecified atom stereocenters. The lowest BCUT2D eigenvalue weighted by molar-refractivity contribution is 0.0697. The second-order valence-corrected chi connectivity index (χ2v) is 5.59. The van der Waals surface area contributed by atoms with Crippen LogP contribution < -0.4 is 10.6 Å². The molecule has 21 heavy (non-hydrogen) atoms. The first-order valence-electron chi connectivity index (χ1n) is 6.54. The Bertz CT molecular complexity index is 501. The van der Waals surface area contributed by atoms with Gasteiger partial charge in [0.2, 0.25) is 0 Å². The van der Waals surface area contributed by atoms with Crippen LogP contribution in [0.2, 0.25) is 0 Å². The van der Waals surface area contributed by atoms with Gasteiger partial charge in [-0.3, -0.25) is 5.32 Å². The molecule has 7 nitrogen and oxygen atoms in total. The third-order valence-corrected chi connectivity index (χ3v) is 3.94. The van der Waals surface area contributed by atoms with Gasteiger partial charge in [0, 0.05) is 18.0 Å². The summed E-state index contributed by atoms with van der Waals surface area (Å²) in [5, 5.41) is 23.2. The molecule has 0 saturated heterocycles. The van der Waals surface area contributed by atoms with Crippen LogP contribution in [0.3, 0.4) is 0 Å². The quantitative estimate of drug-likeness (QED) is 0.545. The van der Waals surface area contributed by atoms with Crippen LogP contribution in [0.5, 0.6) is 0 Å². The maximum Gasteiger partial charge on any atom is 0.338 e. The maximum atomic E-state index is 11.7. The first-order chi connectivity index (χ1) is 9.97. The zero-order valence-electron chi connectivity index (χ0n) is 12.1. The van der Waals surface area contributed by atoms with Crippen molar-refractivity contribution < 1.29 is 24.5 Å². The van der Waals surface area contributed by atoms with E-state index in [1.165, 1.54) is 11.3 Å². The third-order valence-electron chi connectivity index (χ3n) is 2.81. The van der Waals surface area contributed by atoms with Crippen LogP contribution in [0.4, 0.5) is 9.80 Å². The van der Waals surface area contributed by atoms with Gasteiger partial charge in [-0.2, -0.15) is 0 Å². The zero-order chi connectivity index (χ0) is 15.8. The molecule has 0 aliphatic heterocycles. The number of amides is 2. The van der Waals surface area contributed by atoms with Crippen molar-refractivity contribution in [3.05, 3.63) is 16.0 Å². The van der Waals surface area contributed by atoms with E-state index in [4.69, 9.17) is 14.9 Å². The highest BCUT2D eigenvalue weighted by Crippen LogP contribution is 2.32. The molecule has 0 atom stereocenters. The van der Waals surface area contributed by atoms with Gasteiger partial charge in [-0.25, -0.2) is 9.59 Å². The Morgan fingerprint density at radius 1 is 1.29 bits per heavy atom. The zero-order valence-corrected chi connectivity index (χ0v) is 12.9. The van der Waals surface area contributed by atoms with Gasteiger partial charge in [0.15, 0.2) is 0 Å². The molecule has 1 aromatic rings. The van der Waals surface area contributed by atoms with E-state index in [2.05, 4.69) is 10.6 Å². The monoisotopic (exact) mass is 316 g/mol. The molecule has 1 rings (SSSR count). The van der Waals surface area contributed by atoms with Crippen molar-refractivity contribution in [1.82, 2.24) is 5.32 Å². The number of anilines is 1. The van der Waals surface area contributed by atoms with Crippen LogP contribution in [0, 0.1) is 13.8 Å². The molecular formula is C13H20N2O5S. The molecule has 0 spiro atoms.